The molecule has 0 aromatic heterocycles. The molecule has 3 atom stereocenters. The zero-order chi connectivity index (χ0) is 10.1. The number of ether oxygens (including phenoxy) is 1. The highest BCUT2D eigenvalue weighted by molar-refractivity contribution is 8.00. The summed E-state index contributed by atoms with van der Waals surface area (Å²) in [5.41, 5.74) is 0. The molecule has 13 heavy (non-hydrogen) atoms. The van der Waals surface area contributed by atoms with Gasteiger partial charge in [0.25, 0.3) is 0 Å². The predicted molar refractivity (Wildman–Crippen MR) is 51.3 cm³/mol. The minimum atomic E-state index is -0.857. The molecular weight excluding hydrogens is 191 g/mol. The van der Waals surface area contributed by atoms with Crippen LogP contribution < -0.4 is 0 Å². The van der Waals surface area contributed by atoms with Gasteiger partial charge in [-0.3, -0.25) is 4.79 Å². The van der Waals surface area contributed by atoms with Crippen LogP contribution in [0, 0.1) is 5.92 Å². The number of rotatable bonds is 2. The lowest BCUT2D eigenvalue weighted by Crippen LogP contribution is -2.36. The van der Waals surface area contributed by atoms with E-state index in [4.69, 9.17) is 4.74 Å². The fourth-order valence-electron chi connectivity index (χ4n) is 1.63. The molecule has 0 spiro atoms. The fraction of sp³-hybridized carbons (Fsp3) is 0.889. The van der Waals surface area contributed by atoms with E-state index < -0.39 is 11.1 Å². The van der Waals surface area contributed by atoms with Crippen molar-refractivity contribution < 1.29 is 13.9 Å². The summed E-state index contributed by atoms with van der Waals surface area (Å²) in [5.74, 6) is -0.0934. The number of esters is 1. The predicted octanol–water partition coefficient (Wildman–Crippen LogP) is 2.38. The lowest BCUT2D eigenvalue weighted by Gasteiger charge is -2.30. The highest BCUT2D eigenvalue weighted by Crippen LogP contribution is 2.47. The first-order valence-corrected chi connectivity index (χ1v) is 5.48. The number of thioether (sulfide) groups is 1. The summed E-state index contributed by atoms with van der Waals surface area (Å²) < 4.78 is 18.5. The molecular formula is C9H15FO2S. The van der Waals surface area contributed by atoms with E-state index in [2.05, 4.69) is 0 Å². The van der Waals surface area contributed by atoms with E-state index in [9.17, 15) is 9.18 Å². The Hall–Kier alpha value is -0.250. The molecule has 1 saturated heterocycles. The first kappa shape index (κ1) is 10.8. The number of alkyl halides is 1. The Morgan fingerprint density at radius 2 is 2.38 bits per heavy atom. The second-order valence-electron chi connectivity index (χ2n) is 3.37. The van der Waals surface area contributed by atoms with Crippen molar-refractivity contribution in [3.63, 3.8) is 0 Å². The number of hydrogen-bond acceptors (Lipinski definition) is 3. The summed E-state index contributed by atoms with van der Waals surface area (Å²) >= 11 is 1.42. The molecule has 0 N–H and O–H groups in total. The molecule has 0 aromatic carbocycles. The maximum Gasteiger partial charge on any atom is 0.304 e. The molecule has 2 nitrogen and oxygen atoms in total. The van der Waals surface area contributed by atoms with Crippen molar-refractivity contribution in [3.8, 4) is 0 Å². The Labute approximate surface area is 82.2 Å². The molecule has 0 bridgehead atoms. The number of carbonyl (C=O) groups excluding carboxylic acids is 1. The van der Waals surface area contributed by atoms with Crippen LogP contribution in [0.3, 0.4) is 0 Å². The van der Waals surface area contributed by atoms with Gasteiger partial charge in [0, 0.05) is 18.6 Å². The lowest BCUT2D eigenvalue weighted by molar-refractivity contribution is -0.152. The fourth-order valence-corrected chi connectivity index (χ4v) is 3.15. The Morgan fingerprint density at radius 3 is 2.69 bits per heavy atom. The van der Waals surface area contributed by atoms with Gasteiger partial charge in [0.2, 0.25) is 0 Å². The van der Waals surface area contributed by atoms with E-state index in [0.29, 0.717) is 12.2 Å². The van der Waals surface area contributed by atoms with E-state index in [-0.39, 0.29) is 11.9 Å². The second-order valence-corrected chi connectivity index (χ2v) is 4.69. The third-order valence-corrected chi connectivity index (χ3v) is 4.25. The van der Waals surface area contributed by atoms with Crippen molar-refractivity contribution in [1.29, 1.82) is 0 Å². The van der Waals surface area contributed by atoms with Crippen LogP contribution in [0.1, 0.15) is 27.2 Å². The van der Waals surface area contributed by atoms with Gasteiger partial charge in [-0.1, -0.05) is 13.8 Å². The Kier molecular flexibility index (Phi) is 3.22. The van der Waals surface area contributed by atoms with Crippen molar-refractivity contribution >= 4 is 17.7 Å². The van der Waals surface area contributed by atoms with Crippen LogP contribution >= 0.6 is 11.8 Å². The largest absolute Gasteiger partial charge is 0.448 e. The van der Waals surface area contributed by atoms with E-state index in [0.717, 1.165) is 0 Å². The molecule has 1 aliphatic rings. The normalized spacial score (nSPS) is 39.1. The van der Waals surface area contributed by atoms with E-state index in [1.165, 1.54) is 18.7 Å². The van der Waals surface area contributed by atoms with Gasteiger partial charge in [-0.25, -0.2) is 4.39 Å². The molecule has 1 fully saturated rings. The minimum absolute atomic E-state index is 0.202. The molecule has 0 unspecified atom stereocenters. The first-order valence-electron chi connectivity index (χ1n) is 4.49. The number of halogens is 1. The zero-order valence-corrected chi connectivity index (χ0v) is 8.99. The van der Waals surface area contributed by atoms with Crippen LogP contribution in [0.5, 0.6) is 0 Å². The van der Waals surface area contributed by atoms with Crippen LogP contribution in [-0.4, -0.2) is 22.8 Å². The molecule has 0 aliphatic carbocycles. The quantitative estimate of drug-likeness (QED) is 0.649. The van der Waals surface area contributed by atoms with Crippen molar-refractivity contribution in [2.45, 2.75) is 38.3 Å². The molecule has 1 heterocycles. The van der Waals surface area contributed by atoms with Crippen LogP contribution in [0.2, 0.25) is 0 Å². The van der Waals surface area contributed by atoms with Crippen molar-refractivity contribution in [2.24, 2.45) is 5.92 Å². The standard InChI is InChI=1S/C9H15FO2S/c1-4-9(12-7(3)11)6(2)8(10)5-13-9/h6,8H,4-5H2,1-3H3/t6-,8+,9-/m0/s1. The van der Waals surface area contributed by atoms with Gasteiger partial charge in [-0.15, -0.1) is 11.8 Å². The zero-order valence-electron chi connectivity index (χ0n) is 8.17. The van der Waals surface area contributed by atoms with Gasteiger partial charge < -0.3 is 4.74 Å². The lowest BCUT2D eigenvalue weighted by atomic mass is 9.98. The summed E-state index contributed by atoms with van der Waals surface area (Å²) in [4.78, 5) is 10.2. The summed E-state index contributed by atoms with van der Waals surface area (Å²) in [6.45, 7) is 5.10. The van der Waals surface area contributed by atoms with Gasteiger partial charge >= 0.3 is 5.97 Å². The highest BCUT2D eigenvalue weighted by atomic mass is 32.2. The first-order chi connectivity index (χ1) is 6.02. The molecule has 4 heteroatoms. The van der Waals surface area contributed by atoms with Crippen LogP contribution in [0.25, 0.3) is 0 Å². The number of carbonyl (C=O) groups is 1. The Bertz CT molecular complexity index is 210. The molecule has 76 valence electrons. The van der Waals surface area contributed by atoms with Gasteiger partial charge in [0.15, 0.2) is 4.93 Å². The maximum atomic E-state index is 13.2. The number of hydrogen-bond donors (Lipinski definition) is 0. The van der Waals surface area contributed by atoms with Gasteiger partial charge in [-0.2, -0.15) is 0 Å². The third-order valence-electron chi connectivity index (χ3n) is 2.53. The Balaban J connectivity index is 2.75. The highest BCUT2D eigenvalue weighted by Gasteiger charge is 2.48. The van der Waals surface area contributed by atoms with Crippen LogP contribution in [-0.2, 0) is 9.53 Å². The SMILES string of the molecule is CC[C@]1(OC(C)=O)SC[C@@H](F)[C@@H]1C. The van der Waals surface area contributed by atoms with Gasteiger partial charge in [0.1, 0.15) is 6.17 Å². The molecule has 0 aromatic rings. The van der Waals surface area contributed by atoms with Crippen molar-refractivity contribution in [2.75, 3.05) is 5.75 Å². The van der Waals surface area contributed by atoms with Gasteiger partial charge in [0.05, 0.1) is 0 Å². The van der Waals surface area contributed by atoms with E-state index in [1.54, 1.807) is 6.92 Å². The molecule has 0 amide bonds. The average Bonchev–Trinajstić information content (AvgIpc) is 2.33. The monoisotopic (exact) mass is 206 g/mol. The summed E-state index contributed by atoms with van der Waals surface area (Å²) in [5, 5.41) is 0. The molecule has 0 saturated carbocycles. The van der Waals surface area contributed by atoms with E-state index >= 15 is 0 Å². The molecule has 0 radical (unpaired) electrons. The summed E-state index contributed by atoms with van der Waals surface area (Å²) in [7, 11) is 0. The maximum absolute atomic E-state index is 13.2. The Morgan fingerprint density at radius 1 is 1.77 bits per heavy atom. The van der Waals surface area contributed by atoms with Crippen molar-refractivity contribution in [3.05, 3.63) is 0 Å². The topological polar surface area (TPSA) is 26.3 Å². The van der Waals surface area contributed by atoms with Gasteiger partial charge in [-0.05, 0) is 6.42 Å². The molecule has 1 aliphatic heterocycles. The second kappa shape index (κ2) is 3.86. The minimum Gasteiger partial charge on any atom is -0.448 e. The third kappa shape index (κ3) is 1.98. The van der Waals surface area contributed by atoms with Crippen molar-refractivity contribution in [1.82, 2.24) is 0 Å². The summed E-state index contributed by atoms with van der Waals surface area (Å²) in [6.07, 6.45) is -0.192. The van der Waals surface area contributed by atoms with Crippen LogP contribution in [0.4, 0.5) is 4.39 Å². The smallest absolute Gasteiger partial charge is 0.304 e. The van der Waals surface area contributed by atoms with Crippen LogP contribution in [0.15, 0.2) is 0 Å². The summed E-state index contributed by atoms with van der Waals surface area (Å²) in [6, 6.07) is 0. The molecule has 1 rings (SSSR count). The van der Waals surface area contributed by atoms with E-state index in [1.807, 2.05) is 6.92 Å². The average molecular weight is 206 g/mol.